The Labute approximate surface area is 213 Å². The maximum atomic E-state index is 10.5. The molecule has 4 bridgehead atoms. The average molecular weight is 500 g/mol. The molecule has 0 unspecified atom stereocenters. The molecule has 0 radical (unpaired) electrons. The molecule has 2 aromatic carbocycles. The number of aromatic hydroxyl groups is 2. The summed E-state index contributed by atoms with van der Waals surface area (Å²) in [7, 11) is 2.08. The van der Waals surface area contributed by atoms with E-state index in [0.29, 0.717) is 75.4 Å². The highest BCUT2D eigenvalue weighted by Gasteiger charge is 2.08. The number of ether oxygens (including phenoxy) is 4. The standard InChI is InChI=1S/C27H37N3O6/c1-30-12-4-10-28-20-22-6-2-8-24(26(22)31)35-18-16-33-14-15-34-17-19-36-25-9-3-7-23(27(25)32)21-29-11-5-13-30/h2-3,6-9,20-21,31-32H,4-5,10-19H2,1H3. The van der Waals surface area contributed by atoms with Gasteiger partial charge in [0.2, 0.25) is 0 Å². The van der Waals surface area contributed by atoms with Gasteiger partial charge in [0.1, 0.15) is 13.2 Å². The third-order valence-electron chi connectivity index (χ3n) is 5.52. The van der Waals surface area contributed by atoms with Crippen molar-refractivity contribution in [1.29, 1.82) is 0 Å². The van der Waals surface area contributed by atoms with E-state index in [1.165, 1.54) is 0 Å². The van der Waals surface area contributed by atoms with Gasteiger partial charge in [-0.3, -0.25) is 9.98 Å². The molecule has 0 atom stereocenters. The molecule has 9 heteroatoms. The number of aliphatic imine (C=N–C) groups is 2. The highest BCUT2D eigenvalue weighted by molar-refractivity contribution is 5.85. The Balaban J connectivity index is 1.55. The molecule has 1 aliphatic rings. The molecule has 3 rings (SSSR count). The van der Waals surface area contributed by atoms with Crippen LogP contribution in [0, 0.1) is 0 Å². The van der Waals surface area contributed by atoms with Gasteiger partial charge in [-0.05, 0) is 57.2 Å². The van der Waals surface area contributed by atoms with E-state index < -0.39 is 0 Å². The lowest BCUT2D eigenvalue weighted by atomic mass is 10.2. The van der Waals surface area contributed by atoms with Crippen molar-refractivity contribution in [2.75, 3.05) is 72.9 Å². The van der Waals surface area contributed by atoms with Gasteiger partial charge < -0.3 is 34.1 Å². The van der Waals surface area contributed by atoms with Gasteiger partial charge in [-0.2, -0.15) is 0 Å². The summed E-state index contributed by atoms with van der Waals surface area (Å²) >= 11 is 0. The van der Waals surface area contributed by atoms with Crippen molar-refractivity contribution in [1.82, 2.24) is 4.90 Å². The molecule has 0 amide bonds. The fraction of sp³-hybridized carbons (Fsp3) is 0.481. The Morgan fingerprint density at radius 1 is 0.667 bits per heavy atom. The Morgan fingerprint density at radius 3 is 1.58 bits per heavy atom. The van der Waals surface area contributed by atoms with Gasteiger partial charge in [0.15, 0.2) is 23.0 Å². The van der Waals surface area contributed by atoms with Crippen LogP contribution in [0.3, 0.4) is 0 Å². The van der Waals surface area contributed by atoms with Crippen LogP contribution in [0.5, 0.6) is 23.0 Å². The Morgan fingerprint density at radius 2 is 1.11 bits per heavy atom. The first-order chi connectivity index (χ1) is 17.6. The van der Waals surface area contributed by atoms with Gasteiger partial charge in [-0.15, -0.1) is 0 Å². The fourth-order valence-corrected chi connectivity index (χ4v) is 3.56. The SMILES string of the molecule is CN1CCCN=Cc2cccc(c2O)OCCOCCOCCOc2cccc(c2O)C=NCCC1. The van der Waals surface area contributed by atoms with Crippen LogP contribution in [0.15, 0.2) is 46.4 Å². The molecule has 1 aliphatic heterocycles. The maximum absolute atomic E-state index is 10.5. The fourth-order valence-electron chi connectivity index (χ4n) is 3.56. The van der Waals surface area contributed by atoms with E-state index in [1.54, 1.807) is 24.6 Å². The Kier molecular flexibility index (Phi) is 12.0. The van der Waals surface area contributed by atoms with Crippen molar-refractivity contribution in [2.24, 2.45) is 9.98 Å². The Hall–Kier alpha value is -3.14. The van der Waals surface area contributed by atoms with E-state index >= 15 is 0 Å². The predicted octanol–water partition coefficient (Wildman–Crippen LogP) is 3.15. The molecule has 0 fully saturated rings. The predicted molar refractivity (Wildman–Crippen MR) is 140 cm³/mol. The average Bonchev–Trinajstić information content (AvgIpc) is 2.87. The van der Waals surface area contributed by atoms with E-state index in [1.807, 2.05) is 24.3 Å². The van der Waals surface area contributed by atoms with Gasteiger partial charge in [0.05, 0.1) is 26.4 Å². The number of phenolic OH excluding ortho intramolecular Hbond substituents is 2. The minimum atomic E-state index is 0.0795. The molecule has 36 heavy (non-hydrogen) atoms. The Bertz CT molecular complexity index is 904. The summed E-state index contributed by atoms with van der Waals surface area (Å²) in [5.74, 6) is 0.970. The number of nitrogens with zero attached hydrogens (tertiary/aromatic N) is 3. The highest BCUT2D eigenvalue weighted by atomic mass is 16.6. The van der Waals surface area contributed by atoms with Crippen molar-refractivity contribution in [2.45, 2.75) is 12.8 Å². The zero-order valence-electron chi connectivity index (χ0n) is 21.0. The summed E-state index contributed by atoms with van der Waals surface area (Å²) in [5.41, 5.74) is 1.26. The van der Waals surface area contributed by atoms with E-state index in [0.717, 1.165) is 25.9 Å². The topological polar surface area (TPSA) is 105 Å². The second-order valence-electron chi connectivity index (χ2n) is 8.39. The number of phenols is 2. The molecule has 2 aromatic rings. The molecule has 1 heterocycles. The molecular formula is C27H37N3O6. The summed E-state index contributed by atoms with van der Waals surface area (Å²) in [6, 6.07) is 10.7. The second kappa shape index (κ2) is 15.8. The highest BCUT2D eigenvalue weighted by Crippen LogP contribution is 2.29. The monoisotopic (exact) mass is 499 g/mol. The van der Waals surface area contributed by atoms with Gasteiger partial charge in [0.25, 0.3) is 0 Å². The second-order valence-corrected chi connectivity index (χ2v) is 8.39. The number of hydrogen-bond donors (Lipinski definition) is 2. The maximum Gasteiger partial charge on any atom is 0.166 e. The number of rotatable bonds is 0. The molecule has 0 aliphatic carbocycles. The molecule has 9 nitrogen and oxygen atoms in total. The van der Waals surface area contributed by atoms with Crippen molar-refractivity contribution in [3.05, 3.63) is 47.5 Å². The molecule has 0 saturated heterocycles. The van der Waals surface area contributed by atoms with Crippen molar-refractivity contribution < 1.29 is 29.2 Å². The van der Waals surface area contributed by atoms with Gasteiger partial charge in [0, 0.05) is 36.6 Å². The molecule has 0 spiro atoms. The molecular weight excluding hydrogens is 462 g/mol. The minimum Gasteiger partial charge on any atom is -0.504 e. The number of fused-ring (bicyclic) bond motifs is 4. The van der Waals surface area contributed by atoms with Gasteiger partial charge >= 0.3 is 0 Å². The van der Waals surface area contributed by atoms with Crippen LogP contribution in [-0.2, 0) is 9.47 Å². The molecule has 0 aromatic heterocycles. The quantitative estimate of drug-likeness (QED) is 0.574. The van der Waals surface area contributed by atoms with E-state index in [4.69, 9.17) is 18.9 Å². The van der Waals surface area contributed by atoms with E-state index in [9.17, 15) is 10.2 Å². The van der Waals surface area contributed by atoms with Crippen LogP contribution < -0.4 is 9.47 Å². The first-order valence-electron chi connectivity index (χ1n) is 12.4. The number of hydrogen-bond acceptors (Lipinski definition) is 9. The van der Waals surface area contributed by atoms with Crippen molar-refractivity contribution in [3.63, 3.8) is 0 Å². The smallest absolute Gasteiger partial charge is 0.166 e. The van der Waals surface area contributed by atoms with Crippen LogP contribution in [-0.4, -0.2) is 100 Å². The lowest BCUT2D eigenvalue weighted by Crippen LogP contribution is -2.22. The molecule has 0 saturated carbocycles. The summed E-state index contributed by atoms with van der Waals surface area (Å²) in [6.07, 6.45) is 5.20. The lowest BCUT2D eigenvalue weighted by Gasteiger charge is -2.15. The lowest BCUT2D eigenvalue weighted by molar-refractivity contribution is 0.0269. The number of benzene rings is 2. The van der Waals surface area contributed by atoms with Gasteiger partial charge in [-0.25, -0.2) is 0 Å². The van der Waals surface area contributed by atoms with Crippen LogP contribution in [0.2, 0.25) is 0 Å². The van der Waals surface area contributed by atoms with Crippen LogP contribution in [0.25, 0.3) is 0 Å². The summed E-state index contributed by atoms with van der Waals surface area (Å²) in [5, 5.41) is 20.9. The van der Waals surface area contributed by atoms with E-state index in [2.05, 4.69) is 21.9 Å². The molecule has 2 N–H and O–H groups in total. The largest absolute Gasteiger partial charge is 0.504 e. The van der Waals surface area contributed by atoms with Crippen molar-refractivity contribution in [3.8, 4) is 23.0 Å². The van der Waals surface area contributed by atoms with Gasteiger partial charge in [-0.1, -0.05) is 12.1 Å². The normalized spacial score (nSPS) is 18.0. The van der Waals surface area contributed by atoms with Crippen molar-refractivity contribution >= 4 is 12.4 Å². The molecule has 196 valence electrons. The first-order valence-corrected chi connectivity index (χ1v) is 12.4. The third kappa shape index (κ3) is 9.49. The summed E-state index contributed by atoms with van der Waals surface area (Å²) in [6.45, 7) is 5.34. The first kappa shape index (κ1) is 27.4. The minimum absolute atomic E-state index is 0.0795. The van der Waals surface area contributed by atoms with Crippen LogP contribution in [0.4, 0.5) is 0 Å². The zero-order valence-corrected chi connectivity index (χ0v) is 21.0. The zero-order chi connectivity index (χ0) is 25.4. The number of para-hydroxylation sites is 2. The third-order valence-corrected chi connectivity index (χ3v) is 5.52. The summed E-state index contributed by atoms with van der Waals surface area (Å²) < 4.78 is 22.4. The summed E-state index contributed by atoms with van der Waals surface area (Å²) in [4.78, 5) is 11.2. The van der Waals surface area contributed by atoms with Crippen LogP contribution in [0.1, 0.15) is 24.0 Å². The van der Waals surface area contributed by atoms with Crippen LogP contribution >= 0.6 is 0 Å². The van der Waals surface area contributed by atoms with E-state index in [-0.39, 0.29) is 11.5 Å².